The van der Waals surface area contributed by atoms with Gasteiger partial charge >= 0.3 is 115 Å². The zero-order valence-electron chi connectivity index (χ0n) is 11.3. The number of hydrogen-bond acceptors (Lipinski definition) is 0. The number of unbranched alkanes of at least 4 members (excludes halogenated alkanes) is 8. The molecule has 16 heavy (non-hydrogen) atoms. The van der Waals surface area contributed by atoms with Gasteiger partial charge in [-0.1, -0.05) is 0 Å². The van der Waals surface area contributed by atoms with Crippen molar-refractivity contribution >= 4 is 26.3 Å². The molecular formula is C14H30Se2. The Bertz CT molecular complexity index is 101. The van der Waals surface area contributed by atoms with Crippen LogP contribution in [0.1, 0.15) is 78.1 Å². The van der Waals surface area contributed by atoms with Crippen molar-refractivity contribution in [3.63, 3.8) is 0 Å². The van der Waals surface area contributed by atoms with Crippen LogP contribution < -0.4 is 0 Å². The van der Waals surface area contributed by atoms with Crippen LogP contribution >= 0.6 is 0 Å². The van der Waals surface area contributed by atoms with Crippen molar-refractivity contribution in [2.75, 3.05) is 0 Å². The van der Waals surface area contributed by atoms with Crippen LogP contribution in [0.25, 0.3) is 0 Å². The molecule has 0 N–H and O–H groups in total. The van der Waals surface area contributed by atoms with E-state index < -0.39 is 0 Å². The molecule has 0 spiro atoms. The Morgan fingerprint density at radius 3 is 1.25 bits per heavy atom. The number of hydrogen-bond donors (Lipinski definition) is 0. The van der Waals surface area contributed by atoms with Gasteiger partial charge in [0.2, 0.25) is 0 Å². The van der Waals surface area contributed by atoms with E-state index in [9.17, 15) is 0 Å². The van der Waals surface area contributed by atoms with Crippen molar-refractivity contribution in [3.8, 4) is 0 Å². The monoisotopic (exact) mass is 358 g/mol. The molecule has 0 amide bonds. The molecular weight excluding hydrogens is 326 g/mol. The average Bonchev–Trinajstić information content (AvgIpc) is 2.31. The second-order valence-corrected chi connectivity index (χ2v) is 12.3. The molecule has 0 nitrogen and oxygen atoms in total. The Morgan fingerprint density at radius 2 is 0.875 bits per heavy atom. The first-order valence-corrected chi connectivity index (χ1v) is 13.9. The maximum absolute atomic E-state index is 2.30. The van der Waals surface area contributed by atoms with Crippen molar-refractivity contribution < 1.29 is 0 Å². The summed E-state index contributed by atoms with van der Waals surface area (Å²) in [4.78, 5) is 0. The summed E-state index contributed by atoms with van der Waals surface area (Å²) in [5.74, 6) is 0. The molecule has 0 saturated heterocycles. The maximum atomic E-state index is 2.30. The first-order valence-electron chi connectivity index (χ1n) is 7.16. The van der Waals surface area contributed by atoms with Crippen LogP contribution in [0.3, 0.4) is 0 Å². The third-order valence-electron chi connectivity index (χ3n) is 2.75. The minimum absolute atomic E-state index is 1.03. The molecule has 0 rings (SSSR count). The normalized spacial score (nSPS) is 10.9. The Labute approximate surface area is 115 Å². The van der Waals surface area contributed by atoms with Crippen molar-refractivity contribution in [3.05, 3.63) is 0 Å². The van der Waals surface area contributed by atoms with E-state index in [1.807, 2.05) is 0 Å². The molecule has 0 atom stereocenters. The van der Waals surface area contributed by atoms with Crippen molar-refractivity contribution in [2.24, 2.45) is 0 Å². The summed E-state index contributed by atoms with van der Waals surface area (Å²) in [6, 6.07) is 0. The summed E-state index contributed by atoms with van der Waals surface area (Å²) in [6.45, 7) is 4.59. The SMILES string of the molecule is CCCCCCC[Se][Se]CCCCCCC. The van der Waals surface area contributed by atoms with Gasteiger partial charge < -0.3 is 0 Å². The number of rotatable bonds is 13. The first kappa shape index (κ1) is 17.0. The van der Waals surface area contributed by atoms with Gasteiger partial charge in [-0.05, 0) is 0 Å². The molecule has 0 aliphatic carbocycles. The second-order valence-electron chi connectivity index (χ2n) is 4.47. The predicted molar refractivity (Wildman–Crippen MR) is 78.6 cm³/mol. The predicted octanol–water partition coefficient (Wildman–Crippen LogP) is 5.09. The molecule has 0 aliphatic rings. The van der Waals surface area contributed by atoms with Crippen molar-refractivity contribution in [1.82, 2.24) is 0 Å². The van der Waals surface area contributed by atoms with E-state index in [0.717, 1.165) is 26.3 Å². The quantitative estimate of drug-likeness (QED) is 0.319. The summed E-state index contributed by atoms with van der Waals surface area (Å²) in [7, 11) is 0. The van der Waals surface area contributed by atoms with Crippen LogP contribution in [0.15, 0.2) is 0 Å². The van der Waals surface area contributed by atoms with Crippen molar-refractivity contribution in [2.45, 2.75) is 88.7 Å². The van der Waals surface area contributed by atoms with Crippen LogP contribution in [-0.4, -0.2) is 26.3 Å². The Morgan fingerprint density at radius 1 is 0.500 bits per heavy atom. The average molecular weight is 356 g/mol. The molecule has 2 heteroatoms. The third kappa shape index (κ3) is 15.0. The minimum atomic E-state index is 1.03. The summed E-state index contributed by atoms with van der Waals surface area (Å²) in [6.07, 6.45) is 14.7. The van der Waals surface area contributed by atoms with Gasteiger partial charge in [0.25, 0.3) is 0 Å². The van der Waals surface area contributed by atoms with E-state index in [2.05, 4.69) is 13.8 Å². The Hall–Kier alpha value is 1.04. The van der Waals surface area contributed by atoms with E-state index in [1.165, 1.54) is 64.2 Å². The van der Waals surface area contributed by atoms with Gasteiger partial charge in [0.15, 0.2) is 0 Å². The fraction of sp³-hybridized carbons (Fsp3) is 1.00. The van der Waals surface area contributed by atoms with Crippen LogP contribution in [0.5, 0.6) is 0 Å². The molecule has 0 unspecified atom stereocenters. The van der Waals surface area contributed by atoms with Gasteiger partial charge in [-0.15, -0.1) is 0 Å². The van der Waals surface area contributed by atoms with Crippen LogP contribution in [0.4, 0.5) is 0 Å². The van der Waals surface area contributed by atoms with Crippen LogP contribution in [0.2, 0.25) is 10.6 Å². The molecule has 0 aliphatic heterocycles. The molecule has 0 heterocycles. The van der Waals surface area contributed by atoms with Crippen LogP contribution in [-0.2, 0) is 0 Å². The van der Waals surface area contributed by atoms with E-state index in [4.69, 9.17) is 0 Å². The zero-order valence-corrected chi connectivity index (χ0v) is 14.7. The molecule has 0 saturated carbocycles. The van der Waals surface area contributed by atoms with E-state index in [0.29, 0.717) is 0 Å². The first-order chi connectivity index (χ1) is 7.91. The molecule has 0 aromatic rings. The molecule has 0 aromatic heterocycles. The molecule has 98 valence electrons. The second kappa shape index (κ2) is 16.0. The Kier molecular flexibility index (Phi) is 17.1. The molecule has 0 fully saturated rings. The van der Waals surface area contributed by atoms with Gasteiger partial charge in [0, 0.05) is 0 Å². The third-order valence-corrected chi connectivity index (χ3v) is 10.5. The van der Waals surface area contributed by atoms with Gasteiger partial charge in [-0.25, -0.2) is 0 Å². The van der Waals surface area contributed by atoms with Gasteiger partial charge in [-0.2, -0.15) is 0 Å². The van der Waals surface area contributed by atoms with Gasteiger partial charge in [0.1, 0.15) is 0 Å². The summed E-state index contributed by atoms with van der Waals surface area (Å²) in [5.41, 5.74) is 0. The molecule has 0 aromatic carbocycles. The Balaban J connectivity index is 2.83. The summed E-state index contributed by atoms with van der Waals surface area (Å²) >= 11 is 2.06. The summed E-state index contributed by atoms with van der Waals surface area (Å²) < 4.78 is 0. The zero-order chi connectivity index (χ0) is 11.9. The van der Waals surface area contributed by atoms with Gasteiger partial charge in [-0.3, -0.25) is 0 Å². The summed E-state index contributed by atoms with van der Waals surface area (Å²) in [5, 5.41) is 3.15. The van der Waals surface area contributed by atoms with E-state index >= 15 is 0 Å². The molecule has 0 bridgehead atoms. The fourth-order valence-corrected chi connectivity index (χ4v) is 8.63. The molecule has 0 radical (unpaired) electrons. The van der Waals surface area contributed by atoms with E-state index in [1.54, 1.807) is 10.6 Å². The van der Waals surface area contributed by atoms with E-state index in [-0.39, 0.29) is 0 Å². The fourth-order valence-electron chi connectivity index (χ4n) is 1.65. The topological polar surface area (TPSA) is 0 Å². The standard InChI is InChI=1S/C14H30Se2/c1-3-5-7-9-11-13-15-16-14-12-10-8-6-4-2/h3-14H2,1-2H3. The van der Waals surface area contributed by atoms with Crippen LogP contribution in [0, 0.1) is 0 Å². The van der Waals surface area contributed by atoms with Gasteiger partial charge in [0.05, 0.1) is 0 Å². The van der Waals surface area contributed by atoms with Crippen molar-refractivity contribution in [1.29, 1.82) is 0 Å².